The monoisotopic (exact) mass is 185 g/mol. The lowest BCUT2D eigenvalue weighted by Crippen LogP contribution is -2.41. The maximum atomic E-state index is 9.36. The number of piperidine rings is 1. The average molecular weight is 185 g/mol. The van der Waals surface area contributed by atoms with Gasteiger partial charge in [-0.1, -0.05) is 13.8 Å². The largest absolute Gasteiger partial charge is 0.393 e. The lowest BCUT2D eigenvalue weighted by molar-refractivity contribution is 0.0599. The first kappa shape index (κ1) is 11.0. The van der Waals surface area contributed by atoms with Gasteiger partial charge in [0.25, 0.3) is 0 Å². The van der Waals surface area contributed by atoms with Gasteiger partial charge >= 0.3 is 0 Å². The zero-order valence-corrected chi connectivity index (χ0v) is 9.16. The van der Waals surface area contributed by atoms with E-state index in [1.165, 1.54) is 6.42 Å². The maximum absolute atomic E-state index is 9.36. The molecule has 2 nitrogen and oxygen atoms in total. The molecule has 1 N–H and O–H groups in total. The number of nitrogens with zero attached hydrogens (tertiary/aromatic N) is 1. The summed E-state index contributed by atoms with van der Waals surface area (Å²) in [6, 6.07) is 0.687. The van der Waals surface area contributed by atoms with Gasteiger partial charge in [-0.15, -0.1) is 0 Å². The number of aliphatic hydroxyl groups excluding tert-OH is 1. The van der Waals surface area contributed by atoms with Crippen LogP contribution in [0.25, 0.3) is 0 Å². The summed E-state index contributed by atoms with van der Waals surface area (Å²) < 4.78 is 0. The Morgan fingerprint density at radius 2 is 1.77 bits per heavy atom. The van der Waals surface area contributed by atoms with Crippen molar-refractivity contribution in [2.75, 3.05) is 13.1 Å². The third-order valence-corrected chi connectivity index (χ3v) is 2.93. The minimum absolute atomic E-state index is 0.0394. The van der Waals surface area contributed by atoms with E-state index in [9.17, 15) is 5.11 Å². The van der Waals surface area contributed by atoms with E-state index in [4.69, 9.17) is 0 Å². The van der Waals surface area contributed by atoms with Gasteiger partial charge in [-0.2, -0.15) is 0 Å². The predicted molar refractivity (Wildman–Crippen MR) is 55.7 cm³/mol. The maximum Gasteiger partial charge on any atom is 0.0564 e. The van der Waals surface area contributed by atoms with Crippen LogP contribution in [0.2, 0.25) is 0 Å². The second-order valence-electron chi connectivity index (χ2n) is 4.75. The van der Waals surface area contributed by atoms with E-state index in [1.807, 2.05) is 0 Å². The highest BCUT2D eigenvalue weighted by atomic mass is 16.3. The van der Waals surface area contributed by atoms with Gasteiger partial charge in [0.15, 0.2) is 0 Å². The van der Waals surface area contributed by atoms with Crippen LogP contribution in [-0.2, 0) is 0 Å². The van der Waals surface area contributed by atoms with Crippen LogP contribution < -0.4 is 0 Å². The molecule has 78 valence electrons. The van der Waals surface area contributed by atoms with Crippen molar-refractivity contribution in [3.05, 3.63) is 0 Å². The zero-order chi connectivity index (χ0) is 9.84. The molecule has 0 aromatic rings. The van der Waals surface area contributed by atoms with E-state index >= 15 is 0 Å². The van der Waals surface area contributed by atoms with Crippen molar-refractivity contribution in [3.8, 4) is 0 Å². The standard InChI is InChI=1S/C11H23NO/c1-9(2)8-10(3)12-6-4-11(13)5-7-12/h9-11,13H,4-8H2,1-3H3. The summed E-state index contributed by atoms with van der Waals surface area (Å²) in [5.41, 5.74) is 0. The summed E-state index contributed by atoms with van der Waals surface area (Å²) in [7, 11) is 0. The molecule has 0 bridgehead atoms. The summed E-state index contributed by atoms with van der Waals surface area (Å²) in [6.07, 6.45) is 3.16. The Kier molecular flexibility index (Phi) is 4.20. The first-order valence-electron chi connectivity index (χ1n) is 5.51. The normalized spacial score (nSPS) is 23.8. The van der Waals surface area contributed by atoms with Crippen LogP contribution >= 0.6 is 0 Å². The molecule has 1 aliphatic rings. The Balaban J connectivity index is 2.27. The van der Waals surface area contributed by atoms with Gasteiger partial charge in [-0.25, -0.2) is 0 Å². The zero-order valence-electron chi connectivity index (χ0n) is 9.16. The molecule has 2 heteroatoms. The molecule has 1 atom stereocenters. The van der Waals surface area contributed by atoms with Crippen LogP contribution in [0.5, 0.6) is 0 Å². The molecule has 0 amide bonds. The average Bonchev–Trinajstić information content (AvgIpc) is 2.04. The van der Waals surface area contributed by atoms with E-state index in [0.29, 0.717) is 6.04 Å². The molecule has 0 saturated carbocycles. The van der Waals surface area contributed by atoms with Gasteiger partial charge in [0, 0.05) is 19.1 Å². The lowest BCUT2D eigenvalue weighted by atomic mass is 10.0. The van der Waals surface area contributed by atoms with Crippen molar-refractivity contribution >= 4 is 0 Å². The quantitative estimate of drug-likeness (QED) is 0.725. The van der Waals surface area contributed by atoms with Crippen molar-refractivity contribution in [1.29, 1.82) is 0 Å². The van der Waals surface area contributed by atoms with Gasteiger partial charge in [0.1, 0.15) is 0 Å². The lowest BCUT2D eigenvalue weighted by Gasteiger charge is -2.35. The number of likely N-dealkylation sites (tertiary alicyclic amines) is 1. The molecule has 0 spiro atoms. The molecule has 1 rings (SSSR count). The van der Waals surface area contributed by atoms with E-state index in [2.05, 4.69) is 25.7 Å². The Bertz CT molecular complexity index is 139. The first-order valence-corrected chi connectivity index (χ1v) is 5.51. The van der Waals surface area contributed by atoms with Crippen LogP contribution in [-0.4, -0.2) is 35.2 Å². The summed E-state index contributed by atoms with van der Waals surface area (Å²) in [6.45, 7) is 9.01. The molecule has 1 fully saturated rings. The molecule has 0 aromatic heterocycles. The van der Waals surface area contributed by atoms with Crippen molar-refractivity contribution in [1.82, 2.24) is 4.90 Å². The summed E-state index contributed by atoms with van der Waals surface area (Å²) in [5.74, 6) is 0.779. The first-order chi connectivity index (χ1) is 6.09. The molecule has 13 heavy (non-hydrogen) atoms. The highest BCUT2D eigenvalue weighted by Crippen LogP contribution is 2.17. The molecule has 1 unspecified atom stereocenters. The second kappa shape index (κ2) is 4.97. The Hall–Kier alpha value is -0.0800. The molecule has 1 heterocycles. The molecule has 0 aromatic carbocycles. The predicted octanol–water partition coefficient (Wildman–Crippen LogP) is 1.88. The van der Waals surface area contributed by atoms with Crippen LogP contribution in [0.1, 0.15) is 40.0 Å². The Labute approximate surface area is 81.9 Å². The van der Waals surface area contributed by atoms with Crippen LogP contribution in [0.15, 0.2) is 0 Å². The van der Waals surface area contributed by atoms with Crippen molar-refractivity contribution < 1.29 is 5.11 Å². The van der Waals surface area contributed by atoms with E-state index in [-0.39, 0.29) is 6.10 Å². The third-order valence-electron chi connectivity index (χ3n) is 2.93. The minimum Gasteiger partial charge on any atom is -0.393 e. The molecular formula is C11H23NO. The van der Waals surface area contributed by atoms with E-state index < -0.39 is 0 Å². The Morgan fingerprint density at radius 3 is 2.23 bits per heavy atom. The fourth-order valence-corrected chi connectivity index (χ4v) is 2.16. The van der Waals surface area contributed by atoms with Gasteiger partial charge in [0.05, 0.1) is 6.10 Å². The van der Waals surface area contributed by atoms with Crippen molar-refractivity contribution in [2.24, 2.45) is 5.92 Å². The summed E-state index contributed by atoms with van der Waals surface area (Å²) >= 11 is 0. The highest BCUT2D eigenvalue weighted by Gasteiger charge is 2.21. The number of hydrogen-bond acceptors (Lipinski definition) is 2. The molecule has 1 saturated heterocycles. The Morgan fingerprint density at radius 1 is 1.23 bits per heavy atom. The second-order valence-corrected chi connectivity index (χ2v) is 4.75. The van der Waals surface area contributed by atoms with Gasteiger partial charge in [0.2, 0.25) is 0 Å². The van der Waals surface area contributed by atoms with Gasteiger partial charge < -0.3 is 10.0 Å². The van der Waals surface area contributed by atoms with E-state index in [0.717, 1.165) is 31.8 Å². The van der Waals surface area contributed by atoms with Crippen LogP contribution in [0, 0.1) is 5.92 Å². The van der Waals surface area contributed by atoms with Crippen molar-refractivity contribution in [2.45, 2.75) is 52.2 Å². The highest BCUT2D eigenvalue weighted by molar-refractivity contribution is 4.76. The number of rotatable bonds is 3. The minimum atomic E-state index is -0.0394. The molecule has 1 aliphatic heterocycles. The van der Waals surface area contributed by atoms with Crippen molar-refractivity contribution in [3.63, 3.8) is 0 Å². The fourth-order valence-electron chi connectivity index (χ4n) is 2.16. The molecule has 0 radical (unpaired) electrons. The smallest absolute Gasteiger partial charge is 0.0564 e. The van der Waals surface area contributed by atoms with Gasteiger partial charge in [-0.3, -0.25) is 0 Å². The number of aliphatic hydroxyl groups is 1. The van der Waals surface area contributed by atoms with E-state index in [1.54, 1.807) is 0 Å². The van der Waals surface area contributed by atoms with Gasteiger partial charge in [-0.05, 0) is 32.1 Å². The van der Waals surface area contributed by atoms with Crippen LogP contribution in [0.4, 0.5) is 0 Å². The summed E-state index contributed by atoms with van der Waals surface area (Å²) in [4.78, 5) is 2.51. The molecule has 0 aliphatic carbocycles. The third kappa shape index (κ3) is 3.65. The fraction of sp³-hybridized carbons (Fsp3) is 1.00. The van der Waals surface area contributed by atoms with Crippen LogP contribution in [0.3, 0.4) is 0 Å². The topological polar surface area (TPSA) is 23.5 Å². The SMILES string of the molecule is CC(C)CC(C)N1CCC(O)CC1. The molecular weight excluding hydrogens is 162 g/mol. The summed E-state index contributed by atoms with van der Waals surface area (Å²) in [5, 5.41) is 9.36. The number of hydrogen-bond donors (Lipinski definition) is 1.